The molecule has 0 radical (unpaired) electrons. The first-order valence-corrected chi connectivity index (χ1v) is 7.96. The smallest absolute Gasteiger partial charge is 0.259 e. The van der Waals surface area contributed by atoms with E-state index in [4.69, 9.17) is 9.47 Å². The first kappa shape index (κ1) is 16.1. The number of aromatic nitrogens is 2. The Labute approximate surface area is 135 Å². The van der Waals surface area contributed by atoms with Crippen LogP contribution in [0.3, 0.4) is 0 Å². The molecule has 7 heteroatoms. The number of rotatable bonds is 2. The van der Waals surface area contributed by atoms with Gasteiger partial charge in [0.15, 0.2) is 0 Å². The fourth-order valence-electron chi connectivity index (χ4n) is 3.27. The Balaban J connectivity index is 1.77. The van der Waals surface area contributed by atoms with Gasteiger partial charge in [-0.25, -0.2) is 4.98 Å². The lowest BCUT2D eigenvalue weighted by atomic mass is 10.1. The summed E-state index contributed by atoms with van der Waals surface area (Å²) in [6.45, 7) is 7.80. The molecule has 126 valence electrons. The molecule has 0 aliphatic carbocycles. The standard InChI is InChI=1S/C16H23N3O4/c1-11-6-18(9-16(2,3)23-11)14(20)7-19-10-17-13-4-5-22-8-12(13)15(19)21/h10-11H,4-9H2,1-3H3/t11-/m0/s1. The first-order chi connectivity index (χ1) is 10.9. The van der Waals surface area contributed by atoms with Crippen LogP contribution in [-0.4, -0.2) is 51.8 Å². The van der Waals surface area contributed by atoms with Crippen LogP contribution < -0.4 is 5.56 Å². The van der Waals surface area contributed by atoms with Crippen LogP contribution in [0.5, 0.6) is 0 Å². The molecule has 0 spiro atoms. The lowest BCUT2D eigenvalue weighted by molar-refractivity contribution is -0.158. The fraction of sp³-hybridized carbons (Fsp3) is 0.688. The Morgan fingerprint density at radius 2 is 2.26 bits per heavy atom. The second-order valence-electron chi connectivity index (χ2n) is 6.87. The zero-order valence-corrected chi connectivity index (χ0v) is 13.9. The number of ether oxygens (including phenoxy) is 2. The summed E-state index contributed by atoms with van der Waals surface area (Å²) in [5.41, 5.74) is 0.803. The van der Waals surface area contributed by atoms with Gasteiger partial charge in [0.1, 0.15) is 6.54 Å². The highest BCUT2D eigenvalue weighted by molar-refractivity contribution is 5.76. The van der Waals surface area contributed by atoms with Crippen LogP contribution in [0.15, 0.2) is 11.1 Å². The largest absolute Gasteiger partial charge is 0.376 e. The molecule has 1 aromatic rings. The molecule has 0 aromatic carbocycles. The molecule has 1 atom stereocenters. The Kier molecular flexibility index (Phi) is 4.25. The van der Waals surface area contributed by atoms with E-state index in [0.717, 1.165) is 5.69 Å². The SMILES string of the molecule is C[C@H]1CN(C(=O)Cn2cnc3c(c2=O)COCC3)CC(C)(C)O1. The second-order valence-corrected chi connectivity index (χ2v) is 6.87. The summed E-state index contributed by atoms with van der Waals surface area (Å²) in [5, 5.41) is 0. The number of hydrogen-bond acceptors (Lipinski definition) is 5. The summed E-state index contributed by atoms with van der Waals surface area (Å²) >= 11 is 0. The van der Waals surface area contributed by atoms with Crippen LogP contribution >= 0.6 is 0 Å². The number of amides is 1. The summed E-state index contributed by atoms with van der Waals surface area (Å²) < 4.78 is 12.5. The minimum atomic E-state index is -0.375. The summed E-state index contributed by atoms with van der Waals surface area (Å²) in [6, 6.07) is 0. The number of fused-ring (bicyclic) bond motifs is 1. The molecule has 1 fully saturated rings. The van der Waals surface area contributed by atoms with E-state index >= 15 is 0 Å². The molecule has 0 bridgehead atoms. The molecule has 3 rings (SSSR count). The van der Waals surface area contributed by atoms with Crippen molar-refractivity contribution >= 4 is 5.91 Å². The fourth-order valence-corrected chi connectivity index (χ4v) is 3.27. The van der Waals surface area contributed by atoms with Gasteiger partial charge in [-0.3, -0.25) is 14.2 Å². The zero-order chi connectivity index (χ0) is 16.6. The number of carbonyl (C=O) groups excluding carboxylic acids is 1. The van der Waals surface area contributed by atoms with Gasteiger partial charge < -0.3 is 14.4 Å². The van der Waals surface area contributed by atoms with E-state index in [1.54, 1.807) is 4.90 Å². The molecule has 7 nitrogen and oxygen atoms in total. The molecular weight excluding hydrogens is 298 g/mol. The Morgan fingerprint density at radius 1 is 1.48 bits per heavy atom. The summed E-state index contributed by atoms with van der Waals surface area (Å²) in [6.07, 6.45) is 2.10. The normalized spacial score (nSPS) is 23.4. The third-order valence-electron chi connectivity index (χ3n) is 4.18. The Hall–Kier alpha value is -1.73. The minimum Gasteiger partial charge on any atom is -0.376 e. The van der Waals surface area contributed by atoms with Gasteiger partial charge in [0, 0.05) is 19.5 Å². The molecule has 2 aliphatic rings. The maximum Gasteiger partial charge on any atom is 0.259 e. The Bertz CT molecular complexity index is 668. The first-order valence-electron chi connectivity index (χ1n) is 7.96. The van der Waals surface area contributed by atoms with Crippen LogP contribution in [0.4, 0.5) is 0 Å². The predicted octanol–water partition coefficient (Wildman–Crippen LogP) is 0.342. The quantitative estimate of drug-likeness (QED) is 0.785. The number of hydrogen-bond donors (Lipinski definition) is 0. The highest BCUT2D eigenvalue weighted by Crippen LogP contribution is 2.21. The minimum absolute atomic E-state index is 0.00190. The maximum absolute atomic E-state index is 12.6. The van der Waals surface area contributed by atoms with Gasteiger partial charge in [-0.05, 0) is 20.8 Å². The monoisotopic (exact) mass is 321 g/mol. The topological polar surface area (TPSA) is 73.7 Å². The maximum atomic E-state index is 12.6. The van der Waals surface area contributed by atoms with E-state index in [1.165, 1.54) is 10.9 Å². The molecular formula is C16H23N3O4. The van der Waals surface area contributed by atoms with Crippen molar-refractivity contribution < 1.29 is 14.3 Å². The van der Waals surface area contributed by atoms with Gasteiger partial charge in [0.25, 0.3) is 5.56 Å². The number of nitrogens with zero attached hydrogens (tertiary/aromatic N) is 3. The van der Waals surface area contributed by atoms with Crippen molar-refractivity contribution in [1.82, 2.24) is 14.5 Å². The van der Waals surface area contributed by atoms with E-state index < -0.39 is 0 Å². The van der Waals surface area contributed by atoms with E-state index in [9.17, 15) is 9.59 Å². The highest BCUT2D eigenvalue weighted by Gasteiger charge is 2.33. The van der Waals surface area contributed by atoms with E-state index in [2.05, 4.69) is 4.98 Å². The van der Waals surface area contributed by atoms with Crippen LogP contribution in [0.1, 0.15) is 32.0 Å². The van der Waals surface area contributed by atoms with E-state index in [-0.39, 0.29) is 36.3 Å². The van der Waals surface area contributed by atoms with Crippen LogP contribution in [0.25, 0.3) is 0 Å². The van der Waals surface area contributed by atoms with Gasteiger partial charge in [-0.15, -0.1) is 0 Å². The van der Waals surface area contributed by atoms with Crippen molar-refractivity contribution in [2.75, 3.05) is 19.7 Å². The third kappa shape index (κ3) is 3.45. The highest BCUT2D eigenvalue weighted by atomic mass is 16.5. The number of morpholine rings is 1. The lowest BCUT2D eigenvalue weighted by Crippen LogP contribution is -2.54. The summed E-state index contributed by atoms with van der Waals surface area (Å²) in [5.74, 6) is -0.0891. The molecule has 0 N–H and O–H groups in total. The van der Waals surface area contributed by atoms with E-state index in [0.29, 0.717) is 31.7 Å². The van der Waals surface area contributed by atoms with Gasteiger partial charge in [0.05, 0.1) is 42.5 Å². The van der Waals surface area contributed by atoms with Crippen molar-refractivity contribution in [2.24, 2.45) is 0 Å². The van der Waals surface area contributed by atoms with Crippen molar-refractivity contribution in [3.63, 3.8) is 0 Å². The van der Waals surface area contributed by atoms with Crippen LogP contribution in [0, 0.1) is 0 Å². The van der Waals surface area contributed by atoms with Gasteiger partial charge in [-0.1, -0.05) is 0 Å². The predicted molar refractivity (Wildman–Crippen MR) is 83.1 cm³/mol. The summed E-state index contributed by atoms with van der Waals surface area (Å²) in [4.78, 5) is 31.1. The van der Waals surface area contributed by atoms with Crippen LogP contribution in [0.2, 0.25) is 0 Å². The second kappa shape index (κ2) is 6.05. The number of carbonyl (C=O) groups is 1. The third-order valence-corrected chi connectivity index (χ3v) is 4.18. The van der Waals surface area contributed by atoms with Crippen molar-refractivity contribution in [3.05, 3.63) is 27.9 Å². The molecule has 1 amide bonds. The molecule has 2 aliphatic heterocycles. The van der Waals surface area contributed by atoms with Gasteiger partial charge in [0.2, 0.25) is 5.91 Å². The molecule has 1 saturated heterocycles. The van der Waals surface area contributed by atoms with Crippen molar-refractivity contribution in [2.45, 2.75) is 52.0 Å². The molecule has 23 heavy (non-hydrogen) atoms. The van der Waals surface area contributed by atoms with Crippen LogP contribution in [-0.2, 0) is 33.8 Å². The average molecular weight is 321 g/mol. The zero-order valence-electron chi connectivity index (χ0n) is 13.9. The van der Waals surface area contributed by atoms with E-state index in [1.807, 2.05) is 20.8 Å². The van der Waals surface area contributed by atoms with Crippen molar-refractivity contribution in [3.8, 4) is 0 Å². The molecule has 3 heterocycles. The molecule has 1 aromatic heterocycles. The lowest BCUT2D eigenvalue weighted by Gasteiger charge is -2.41. The van der Waals surface area contributed by atoms with Crippen molar-refractivity contribution in [1.29, 1.82) is 0 Å². The Morgan fingerprint density at radius 3 is 3.00 bits per heavy atom. The molecule has 0 unspecified atom stereocenters. The summed E-state index contributed by atoms with van der Waals surface area (Å²) in [7, 11) is 0. The average Bonchev–Trinajstić information content (AvgIpc) is 2.48. The molecule has 0 saturated carbocycles. The van der Waals surface area contributed by atoms with Gasteiger partial charge in [-0.2, -0.15) is 0 Å². The van der Waals surface area contributed by atoms with Gasteiger partial charge >= 0.3 is 0 Å².